The number of nitrogens with one attached hydrogen (secondary N) is 1. The number of hydrogen-bond donors (Lipinski definition) is 1. The van der Waals surface area contributed by atoms with Gasteiger partial charge >= 0.3 is 0 Å². The van der Waals surface area contributed by atoms with E-state index in [2.05, 4.69) is 34.3 Å². The predicted octanol–water partition coefficient (Wildman–Crippen LogP) is 2.21. The SMILES string of the molecule is CNC(C)Cc1ccc(OCc2ncccn2)cc1. The number of likely N-dealkylation sites (N-methyl/N-ethyl adjacent to an activating group) is 1. The molecule has 19 heavy (non-hydrogen) atoms. The first kappa shape index (κ1) is 13.5. The van der Waals surface area contributed by atoms with Crippen LogP contribution in [0.2, 0.25) is 0 Å². The van der Waals surface area contributed by atoms with Crippen LogP contribution in [-0.2, 0) is 13.0 Å². The van der Waals surface area contributed by atoms with Crippen LogP contribution in [-0.4, -0.2) is 23.1 Å². The quantitative estimate of drug-likeness (QED) is 0.862. The van der Waals surface area contributed by atoms with E-state index in [0.29, 0.717) is 18.5 Å². The largest absolute Gasteiger partial charge is 0.486 e. The number of rotatable bonds is 6. The number of ether oxygens (including phenoxy) is 1. The third-order valence-corrected chi connectivity index (χ3v) is 2.95. The normalized spacial score (nSPS) is 12.1. The highest BCUT2D eigenvalue weighted by molar-refractivity contribution is 5.27. The van der Waals surface area contributed by atoms with Crippen LogP contribution in [0.1, 0.15) is 18.3 Å². The Labute approximate surface area is 113 Å². The summed E-state index contributed by atoms with van der Waals surface area (Å²) in [6.07, 6.45) is 4.44. The molecule has 0 radical (unpaired) electrons. The molecule has 2 aromatic rings. The van der Waals surface area contributed by atoms with E-state index in [1.807, 2.05) is 19.2 Å². The first-order valence-electron chi connectivity index (χ1n) is 6.43. The fourth-order valence-electron chi connectivity index (χ4n) is 1.73. The Hall–Kier alpha value is -1.94. The highest BCUT2D eigenvalue weighted by Crippen LogP contribution is 2.14. The van der Waals surface area contributed by atoms with Crippen LogP contribution in [0.3, 0.4) is 0 Å². The molecule has 100 valence electrons. The zero-order chi connectivity index (χ0) is 13.5. The number of aromatic nitrogens is 2. The first-order valence-corrected chi connectivity index (χ1v) is 6.43. The third-order valence-electron chi connectivity index (χ3n) is 2.95. The summed E-state index contributed by atoms with van der Waals surface area (Å²) in [4.78, 5) is 8.23. The smallest absolute Gasteiger partial charge is 0.166 e. The monoisotopic (exact) mass is 257 g/mol. The summed E-state index contributed by atoms with van der Waals surface area (Å²) in [6.45, 7) is 2.56. The molecule has 1 aromatic carbocycles. The molecular weight excluding hydrogens is 238 g/mol. The Balaban J connectivity index is 1.88. The minimum atomic E-state index is 0.396. The Morgan fingerprint density at radius 2 is 1.84 bits per heavy atom. The van der Waals surface area contributed by atoms with Gasteiger partial charge in [-0.1, -0.05) is 12.1 Å². The van der Waals surface area contributed by atoms with Crippen molar-refractivity contribution in [2.45, 2.75) is 26.0 Å². The van der Waals surface area contributed by atoms with Crippen molar-refractivity contribution in [1.82, 2.24) is 15.3 Å². The third kappa shape index (κ3) is 4.34. The molecule has 0 fully saturated rings. The van der Waals surface area contributed by atoms with Gasteiger partial charge in [0.2, 0.25) is 0 Å². The van der Waals surface area contributed by atoms with Gasteiger partial charge < -0.3 is 10.1 Å². The van der Waals surface area contributed by atoms with Crippen molar-refractivity contribution in [2.24, 2.45) is 0 Å². The lowest BCUT2D eigenvalue weighted by molar-refractivity contribution is 0.295. The van der Waals surface area contributed by atoms with E-state index in [1.54, 1.807) is 18.5 Å². The van der Waals surface area contributed by atoms with E-state index in [-0.39, 0.29) is 0 Å². The lowest BCUT2D eigenvalue weighted by Crippen LogP contribution is -2.23. The van der Waals surface area contributed by atoms with Gasteiger partial charge in [0.1, 0.15) is 12.4 Å². The van der Waals surface area contributed by atoms with E-state index < -0.39 is 0 Å². The Morgan fingerprint density at radius 1 is 1.16 bits per heavy atom. The Kier molecular flexibility index (Phi) is 4.86. The first-order chi connectivity index (χ1) is 9.28. The van der Waals surface area contributed by atoms with Crippen molar-refractivity contribution >= 4 is 0 Å². The summed E-state index contributed by atoms with van der Waals surface area (Å²) in [7, 11) is 1.97. The van der Waals surface area contributed by atoms with Crippen molar-refractivity contribution in [3.8, 4) is 5.75 Å². The van der Waals surface area contributed by atoms with Gasteiger partial charge in [-0.3, -0.25) is 0 Å². The van der Waals surface area contributed by atoms with Crippen LogP contribution >= 0.6 is 0 Å². The summed E-state index contributed by atoms with van der Waals surface area (Å²) in [5.41, 5.74) is 1.30. The maximum absolute atomic E-state index is 5.64. The van der Waals surface area contributed by atoms with Crippen molar-refractivity contribution in [1.29, 1.82) is 0 Å². The molecule has 1 unspecified atom stereocenters. The highest BCUT2D eigenvalue weighted by atomic mass is 16.5. The molecule has 4 heteroatoms. The summed E-state index contributed by atoms with van der Waals surface area (Å²) in [6, 6.07) is 10.4. The summed E-state index contributed by atoms with van der Waals surface area (Å²) < 4.78 is 5.64. The van der Waals surface area contributed by atoms with Crippen molar-refractivity contribution in [2.75, 3.05) is 7.05 Å². The fraction of sp³-hybridized carbons (Fsp3) is 0.333. The molecule has 1 aromatic heterocycles. The minimum Gasteiger partial charge on any atom is -0.486 e. The van der Waals surface area contributed by atoms with Gasteiger partial charge in [-0.05, 0) is 44.2 Å². The van der Waals surface area contributed by atoms with Crippen LogP contribution in [0.25, 0.3) is 0 Å². The second-order valence-electron chi connectivity index (χ2n) is 4.49. The standard InChI is InChI=1S/C15H19N3O/c1-12(16-2)10-13-4-6-14(7-5-13)19-11-15-17-8-3-9-18-15/h3-9,12,16H,10-11H2,1-2H3. The average molecular weight is 257 g/mol. The van der Waals surface area contributed by atoms with Crippen molar-refractivity contribution in [3.05, 3.63) is 54.1 Å². The molecule has 0 aliphatic carbocycles. The molecule has 0 amide bonds. The van der Waals surface area contributed by atoms with Gasteiger partial charge in [-0.25, -0.2) is 9.97 Å². The Morgan fingerprint density at radius 3 is 2.47 bits per heavy atom. The van der Waals surface area contributed by atoms with Gasteiger partial charge in [-0.15, -0.1) is 0 Å². The molecule has 4 nitrogen and oxygen atoms in total. The van der Waals surface area contributed by atoms with E-state index in [4.69, 9.17) is 4.74 Å². The molecule has 0 aliphatic rings. The average Bonchev–Trinajstić information content (AvgIpc) is 2.47. The predicted molar refractivity (Wildman–Crippen MR) is 75.0 cm³/mol. The van der Waals surface area contributed by atoms with Crippen LogP contribution in [0.5, 0.6) is 5.75 Å². The molecule has 0 bridgehead atoms. The topological polar surface area (TPSA) is 47.0 Å². The summed E-state index contributed by atoms with van der Waals surface area (Å²) in [5, 5.41) is 3.23. The Bertz CT molecular complexity index is 485. The number of hydrogen-bond acceptors (Lipinski definition) is 4. The van der Waals surface area contributed by atoms with Crippen molar-refractivity contribution < 1.29 is 4.74 Å². The molecule has 1 heterocycles. The van der Waals surface area contributed by atoms with Gasteiger partial charge in [0, 0.05) is 18.4 Å². The number of benzene rings is 1. The van der Waals surface area contributed by atoms with E-state index in [0.717, 1.165) is 12.2 Å². The van der Waals surface area contributed by atoms with Gasteiger partial charge in [0.15, 0.2) is 5.82 Å². The van der Waals surface area contributed by atoms with E-state index in [1.165, 1.54) is 5.56 Å². The summed E-state index contributed by atoms with van der Waals surface area (Å²) in [5.74, 6) is 1.53. The van der Waals surface area contributed by atoms with Crippen LogP contribution < -0.4 is 10.1 Å². The molecule has 2 rings (SSSR count). The lowest BCUT2D eigenvalue weighted by Gasteiger charge is -2.10. The molecule has 0 saturated carbocycles. The minimum absolute atomic E-state index is 0.396. The molecule has 0 spiro atoms. The molecule has 0 saturated heterocycles. The fourth-order valence-corrected chi connectivity index (χ4v) is 1.73. The van der Waals surface area contributed by atoms with E-state index in [9.17, 15) is 0 Å². The molecule has 1 N–H and O–H groups in total. The second-order valence-corrected chi connectivity index (χ2v) is 4.49. The molecule has 0 aliphatic heterocycles. The second kappa shape index (κ2) is 6.85. The van der Waals surface area contributed by atoms with Crippen LogP contribution in [0, 0.1) is 0 Å². The maximum Gasteiger partial charge on any atom is 0.166 e. The van der Waals surface area contributed by atoms with Gasteiger partial charge in [-0.2, -0.15) is 0 Å². The number of nitrogens with zero attached hydrogens (tertiary/aromatic N) is 2. The zero-order valence-electron chi connectivity index (χ0n) is 11.3. The van der Waals surface area contributed by atoms with Crippen molar-refractivity contribution in [3.63, 3.8) is 0 Å². The zero-order valence-corrected chi connectivity index (χ0v) is 11.3. The van der Waals surface area contributed by atoms with E-state index >= 15 is 0 Å². The maximum atomic E-state index is 5.64. The van der Waals surface area contributed by atoms with Gasteiger partial charge in [0.05, 0.1) is 0 Å². The lowest BCUT2D eigenvalue weighted by atomic mass is 10.1. The van der Waals surface area contributed by atoms with Gasteiger partial charge in [0.25, 0.3) is 0 Å². The molecular formula is C15H19N3O. The van der Waals surface area contributed by atoms with Crippen LogP contribution in [0.15, 0.2) is 42.7 Å². The van der Waals surface area contributed by atoms with Crippen LogP contribution in [0.4, 0.5) is 0 Å². The highest BCUT2D eigenvalue weighted by Gasteiger charge is 2.02. The summed E-state index contributed by atoms with van der Waals surface area (Å²) >= 11 is 0. The molecule has 1 atom stereocenters.